The lowest BCUT2D eigenvalue weighted by atomic mass is 9.88. The van der Waals surface area contributed by atoms with Crippen molar-refractivity contribution in [3.63, 3.8) is 0 Å². The van der Waals surface area contributed by atoms with Gasteiger partial charge in [0, 0.05) is 0 Å². The minimum absolute atomic E-state index is 0.0413. The standard InChI is InChI=1S/C18H20F6N2O5/c1-5-6-7-16(30,18(22,23)24)12-9(17(19,20)21)8-10(11(26-12)13(27)28)25-14(29)31-15(2,3)4/h5,8,30H,1,6-7H2,2-4H3,(H,25,29)(H,27,28). The summed E-state index contributed by atoms with van der Waals surface area (Å²) < 4.78 is 86.3. The second kappa shape index (κ2) is 8.73. The van der Waals surface area contributed by atoms with Gasteiger partial charge >= 0.3 is 24.4 Å². The van der Waals surface area contributed by atoms with Crippen molar-refractivity contribution in [3.8, 4) is 0 Å². The van der Waals surface area contributed by atoms with Crippen LogP contribution in [0.5, 0.6) is 0 Å². The highest BCUT2D eigenvalue weighted by Crippen LogP contribution is 2.47. The van der Waals surface area contributed by atoms with E-state index in [9.17, 15) is 46.1 Å². The normalized spacial score (nSPS) is 14.5. The molecule has 174 valence electrons. The molecule has 13 heteroatoms. The summed E-state index contributed by atoms with van der Waals surface area (Å²) in [6.07, 6.45) is -13.4. The molecule has 1 atom stereocenters. The molecular weight excluding hydrogens is 438 g/mol. The Labute approximate surface area is 172 Å². The number of nitrogens with zero attached hydrogens (tertiary/aromatic N) is 1. The third-order valence-corrected chi connectivity index (χ3v) is 3.74. The van der Waals surface area contributed by atoms with Crippen molar-refractivity contribution in [2.24, 2.45) is 0 Å². The number of alkyl halides is 6. The molecule has 0 aliphatic rings. The molecule has 1 heterocycles. The Morgan fingerprint density at radius 2 is 1.74 bits per heavy atom. The lowest BCUT2D eigenvalue weighted by Crippen LogP contribution is -2.45. The van der Waals surface area contributed by atoms with Gasteiger partial charge in [0.15, 0.2) is 5.69 Å². The van der Waals surface area contributed by atoms with E-state index in [-0.39, 0.29) is 6.07 Å². The minimum Gasteiger partial charge on any atom is -0.476 e. The SMILES string of the molecule is C=CCCC(O)(c1nc(C(=O)O)c(NC(=O)OC(C)(C)C)cc1C(F)(F)F)C(F)(F)F. The molecule has 0 aliphatic heterocycles. The quantitative estimate of drug-likeness (QED) is 0.415. The maximum Gasteiger partial charge on any atom is 0.423 e. The predicted octanol–water partition coefficient (Wildman–Crippen LogP) is 4.86. The van der Waals surface area contributed by atoms with Gasteiger partial charge in [0.25, 0.3) is 0 Å². The van der Waals surface area contributed by atoms with Gasteiger partial charge in [0.05, 0.1) is 16.9 Å². The van der Waals surface area contributed by atoms with Crippen LogP contribution in [0.2, 0.25) is 0 Å². The molecule has 0 saturated carbocycles. The number of carbonyl (C=O) groups excluding carboxylic acids is 1. The number of hydrogen-bond donors (Lipinski definition) is 3. The Morgan fingerprint density at radius 1 is 1.19 bits per heavy atom. The summed E-state index contributed by atoms with van der Waals surface area (Å²) in [6.45, 7) is 7.39. The number of pyridine rings is 1. The number of aliphatic hydroxyl groups is 1. The van der Waals surface area contributed by atoms with Gasteiger partial charge in [-0.3, -0.25) is 5.32 Å². The van der Waals surface area contributed by atoms with Crippen LogP contribution < -0.4 is 5.32 Å². The molecule has 0 saturated heterocycles. The number of nitrogens with one attached hydrogen (secondary N) is 1. The Bertz CT molecular complexity index is 861. The highest BCUT2D eigenvalue weighted by atomic mass is 19.4. The van der Waals surface area contributed by atoms with Gasteiger partial charge in [-0.15, -0.1) is 6.58 Å². The first kappa shape index (κ1) is 26.2. The molecule has 3 N–H and O–H groups in total. The molecule has 1 aromatic rings. The molecule has 0 spiro atoms. The first-order valence-corrected chi connectivity index (χ1v) is 8.59. The molecule has 1 rings (SSSR count). The Hall–Kier alpha value is -2.83. The van der Waals surface area contributed by atoms with E-state index in [1.54, 1.807) is 5.32 Å². The fraction of sp³-hybridized carbons (Fsp3) is 0.500. The average Bonchev–Trinajstić information content (AvgIpc) is 2.55. The maximum absolute atomic E-state index is 13.6. The van der Waals surface area contributed by atoms with E-state index >= 15 is 0 Å². The number of hydrogen-bond acceptors (Lipinski definition) is 5. The van der Waals surface area contributed by atoms with E-state index in [0.29, 0.717) is 0 Å². The smallest absolute Gasteiger partial charge is 0.423 e. The summed E-state index contributed by atoms with van der Waals surface area (Å²) in [5, 5.41) is 21.2. The number of anilines is 1. The molecule has 0 aliphatic carbocycles. The molecule has 1 unspecified atom stereocenters. The van der Waals surface area contributed by atoms with Crippen LogP contribution >= 0.6 is 0 Å². The van der Waals surface area contributed by atoms with Gasteiger partial charge in [-0.1, -0.05) is 6.08 Å². The molecule has 0 aromatic carbocycles. The van der Waals surface area contributed by atoms with Crippen LogP contribution in [0.15, 0.2) is 18.7 Å². The topological polar surface area (TPSA) is 109 Å². The minimum atomic E-state index is -5.64. The van der Waals surface area contributed by atoms with Crippen LogP contribution in [0.25, 0.3) is 0 Å². The summed E-state index contributed by atoms with van der Waals surface area (Å²) in [4.78, 5) is 26.3. The predicted molar refractivity (Wildman–Crippen MR) is 95.4 cm³/mol. The number of rotatable bonds is 6. The molecular formula is C18H20F6N2O5. The fourth-order valence-electron chi connectivity index (χ4n) is 2.42. The number of aromatic carboxylic acids is 1. The zero-order valence-corrected chi connectivity index (χ0v) is 16.6. The van der Waals surface area contributed by atoms with Gasteiger partial charge in [-0.2, -0.15) is 26.3 Å². The molecule has 1 amide bonds. The zero-order chi connectivity index (χ0) is 24.4. The van der Waals surface area contributed by atoms with Gasteiger partial charge in [0.2, 0.25) is 5.60 Å². The van der Waals surface area contributed by atoms with Gasteiger partial charge < -0.3 is 14.9 Å². The maximum atomic E-state index is 13.6. The number of ether oxygens (including phenoxy) is 1. The number of carbonyl (C=O) groups is 2. The first-order chi connectivity index (χ1) is 13.8. The van der Waals surface area contributed by atoms with Crippen LogP contribution in [-0.4, -0.2) is 39.0 Å². The van der Waals surface area contributed by atoms with Crippen LogP contribution in [0.3, 0.4) is 0 Å². The molecule has 7 nitrogen and oxygen atoms in total. The summed E-state index contributed by atoms with van der Waals surface area (Å²) in [5.41, 5.74) is -11.7. The van der Waals surface area contributed by atoms with E-state index in [1.165, 1.54) is 20.8 Å². The third kappa shape index (κ3) is 6.32. The van der Waals surface area contributed by atoms with Gasteiger partial charge in [-0.05, 0) is 39.7 Å². The number of carboxylic acids is 1. The van der Waals surface area contributed by atoms with E-state index in [1.807, 2.05) is 0 Å². The summed E-state index contributed by atoms with van der Waals surface area (Å²) in [5.74, 6) is -2.05. The Morgan fingerprint density at radius 3 is 2.13 bits per heavy atom. The van der Waals surface area contributed by atoms with Crippen molar-refractivity contribution in [2.75, 3.05) is 5.32 Å². The van der Waals surface area contributed by atoms with Crippen molar-refractivity contribution in [3.05, 3.63) is 35.7 Å². The van der Waals surface area contributed by atoms with Crippen LogP contribution in [0, 0.1) is 0 Å². The van der Waals surface area contributed by atoms with Crippen LogP contribution in [0.1, 0.15) is 55.4 Å². The highest BCUT2D eigenvalue weighted by Gasteiger charge is 2.58. The van der Waals surface area contributed by atoms with Crippen molar-refractivity contribution >= 4 is 17.7 Å². The van der Waals surface area contributed by atoms with Gasteiger partial charge in [0.1, 0.15) is 5.60 Å². The molecule has 0 fully saturated rings. The lowest BCUT2D eigenvalue weighted by Gasteiger charge is -2.32. The van der Waals surface area contributed by atoms with E-state index < -0.39 is 71.1 Å². The number of allylic oxidation sites excluding steroid dienone is 1. The van der Waals surface area contributed by atoms with Crippen molar-refractivity contribution < 1.29 is 50.9 Å². The Kier molecular flexibility index (Phi) is 7.38. The summed E-state index contributed by atoms with van der Waals surface area (Å²) >= 11 is 0. The monoisotopic (exact) mass is 458 g/mol. The van der Waals surface area contributed by atoms with E-state index in [2.05, 4.69) is 11.6 Å². The molecule has 31 heavy (non-hydrogen) atoms. The van der Waals surface area contributed by atoms with Crippen molar-refractivity contribution in [2.45, 2.75) is 57.2 Å². The van der Waals surface area contributed by atoms with Crippen molar-refractivity contribution in [1.82, 2.24) is 4.98 Å². The van der Waals surface area contributed by atoms with Crippen LogP contribution in [0.4, 0.5) is 36.8 Å². The molecule has 0 radical (unpaired) electrons. The largest absolute Gasteiger partial charge is 0.476 e. The number of amides is 1. The number of halogens is 6. The summed E-state index contributed by atoms with van der Waals surface area (Å²) in [7, 11) is 0. The van der Waals surface area contributed by atoms with Crippen molar-refractivity contribution in [1.29, 1.82) is 0 Å². The van der Waals surface area contributed by atoms with E-state index in [4.69, 9.17) is 4.74 Å². The Balaban J connectivity index is 3.81. The lowest BCUT2D eigenvalue weighted by molar-refractivity contribution is -0.272. The summed E-state index contributed by atoms with van der Waals surface area (Å²) in [6, 6.07) is -0.0413. The average molecular weight is 458 g/mol. The van der Waals surface area contributed by atoms with E-state index in [0.717, 1.165) is 6.08 Å². The highest BCUT2D eigenvalue weighted by molar-refractivity contribution is 5.97. The molecule has 0 bridgehead atoms. The number of carboxylic acid groups (broad SMARTS) is 1. The second-order valence-corrected chi connectivity index (χ2v) is 7.40. The zero-order valence-electron chi connectivity index (χ0n) is 16.6. The van der Waals surface area contributed by atoms with Crippen LogP contribution in [-0.2, 0) is 16.5 Å². The van der Waals surface area contributed by atoms with Gasteiger partial charge in [-0.25, -0.2) is 14.6 Å². The third-order valence-electron chi connectivity index (χ3n) is 3.74. The molecule has 1 aromatic heterocycles. The fourth-order valence-corrected chi connectivity index (χ4v) is 2.42. The number of aromatic nitrogens is 1. The first-order valence-electron chi connectivity index (χ1n) is 8.59. The second-order valence-electron chi connectivity index (χ2n) is 7.40.